The van der Waals surface area contributed by atoms with Gasteiger partial charge in [0.1, 0.15) is 0 Å². The van der Waals surface area contributed by atoms with Crippen LogP contribution in [0, 0.1) is 46.3 Å². The monoisotopic (exact) mass is 606 g/mol. The van der Waals surface area contributed by atoms with E-state index >= 15 is 0 Å². The zero-order valence-corrected chi connectivity index (χ0v) is 25.9. The van der Waals surface area contributed by atoms with E-state index in [2.05, 4.69) is 76.5 Å². The highest BCUT2D eigenvalue weighted by Crippen LogP contribution is 2.62. The van der Waals surface area contributed by atoms with E-state index in [0.29, 0.717) is 22.9 Å². The average molecular weight is 607 g/mol. The first-order chi connectivity index (χ1) is 21.1. The highest BCUT2D eigenvalue weighted by Gasteiger charge is 2.57. The fourth-order valence-corrected chi connectivity index (χ4v) is 12.8. The van der Waals surface area contributed by atoms with Crippen molar-refractivity contribution in [2.75, 3.05) is 13.1 Å². The Morgan fingerprint density at radius 3 is 1.41 bits per heavy atom. The van der Waals surface area contributed by atoms with E-state index in [0.717, 1.165) is 35.5 Å². The van der Waals surface area contributed by atoms with E-state index < -0.39 is 7.25 Å². The third kappa shape index (κ3) is 5.75. The second kappa shape index (κ2) is 10.9. The molecule has 236 valence electrons. The van der Waals surface area contributed by atoms with Crippen LogP contribution in [0.4, 0.5) is 17.3 Å². The van der Waals surface area contributed by atoms with Crippen molar-refractivity contribution in [1.82, 2.24) is 4.90 Å². The Morgan fingerprint density at radius 1 is 0.591 bits per heavy atom. The van der Waals surface area contributed by atoms with Crippen LogP contribution in [0.2, 0.25) is 0 Å². The van der Waals surface area contributed by atoms with Crippen molar-refractivity contribution in [3.63, 3.8) is 0 Å². The molecule has 0 aromatic heterocycles. The van der Waals surface area contributed by atoms with E-state index in [1.165, 1.54) is 101 Å². The zero-order chi connectivity index (χ0) is 30.1. The maximum absolute atomic E-state index is 9.75. The molecule has 11 rings (SSSR count). The largest absolute Gasteiger partial charge is 0.673 e. The van der Waals surface area contributed by atoms with Gasteiger partial charge in [0.05, 0.1) is 13.1 Å². The standard InChI is InChI=1S/C37H47N2.BF4/c1-3-7-32(8-4-1)34-35(33-9-5-2-6-10-33)39(24-37-20-29-14-30(21-37)16-31(15-29)22-37)25-38(34)23-36-17-26-11-27(18-36)13-28(12-26)19-36;2-1(3,4)5/h1-10,25-31,34-35H,11-24H2;/q+1;-1/t26?,27?,28?,29?,30?,31?,34-,35-,36?,37?;/m1./s1. The van der Waals surface area contributed by atoms with Crippen LogP contribution in [-0.2, 0) is 0 Å². The van der Waals surface area contributed by atoms with Crippen molar-refractivity contribution in [2.45, 2.75) is 89.1 Å². The lowest BCUT2D eigenvalue weighted by atomic mass is 9.49. The van der Waals surface area contributed by atoms with Crippen LogP contribution in [0.25, 0.3) is 0 Å². The molecule has 8 fully saturated rings. The molecule has 0 radical (unpaired) electrons. The van der Waals surface area contributed by atoms with Gasteiger partial charge in [-0.2, -0.15) is 0 Å². The Kier molecular flexibility index (Phi) is 7.21. The molecular formula is C37H47BF4N2. The Balaban J connectivity index is 0.000000538. The first kappa shape index (κ1) is 29.1. The maximum atomic E-state index is 9.75. The van der Waals surface area contributed by atoms with Crippen LogP contribution in [0.3, 0.4) is 0 Å². The molecule has 0 saturated heterocycles. The van der Waals surface area contributed by atoms with Crippen molar-refractivity contribution < 1.29 is 21.8 Å². The first-order valence-corrected chi connectivity index (χ1v) is 17.4. The van der Waals surface area contributed by atoms with Gasteiger partial charge in [-0.25, -0.2) is 0 Å². The second-order valence-electron chi connectivity index (χ2n) is 16.5. The lowest BCUT2D eigenvalue weighted by molar-refractivity contribution is -0.580. The van der Waals surface area contributed by atoms with Gasteiger partial charge in [-0.05, 0) is 113 Å². The Hall–Kier alpha value is -2.31. The van der Waals surface area contributed by atoms with Crippen molar-refractivity contribution in [1.29, 1.82) is 0 Å². The highest BCUT2D eigenvalue weighted by atomic mass is 19.5. The van der Waals surface area contributed by atoms with Gasteiger partial charge in [0.25, 0.3) is 0 Å². The van der Waals surface area contributed by atoms with Gasteiger partial charge in [0.15, 0.2) is 12.1 Å². The Labute approximate surface area is 260 Å². The van der Waals surface area contributed by atoms with Gasteiger partial charge in [-0.3, -0.25) is 9.48 Å². The molecule has 0 N–H and O–H groups in total. The normalized spacial score (nSPS) is 41.5. The number of halogens is 4. The van der Waals surface area contributed by atoms with Gasteiger partial charge < -0.3 is 17.3 Å². The molecule has 8 aliphatic carbocycles. The van der Waals surface area contributed by atoms with Crippen molar-refractivity contribution in [3.05, 3.63) is 71.8 Å². The molecule has 0 spiro atoms. The number of hydrogen-bond acceptors (Lipinski definition) is 1. The smallest absolute Gasteiger partial charge is 0.418 e. The number of benzene rings is 2. The summed E-state index contributed by atoms with van der Waals surface area (Å²) in [5.74, 6) is 6.09. The van der Waals surface area contributed by atoms with Crippen LogP contribution in [-0.4, -0.2) is 36.2 Å². The summed E-state index contributed by atoms with van der Waals surface area (Å²) in [6, 6.07) is 24.1. The quantitative estimate of drug-likeness (QED) is 0.180. The maximum Gasteiger partial charge on any atom is 0.673 e. The summed E-state index contributed by atoms with van der Waals surface area (Å²) >= 11 is 0. The van der Waals surface area contributed by atoms with Crippen LogP contribution in [0.15, 0.2) is 60.7 Å². The van der Waals surface area contributed by atoms with E-state index in [1.54, 1.807) is 0 Å². The number of hydrogen-bond donors (Lipinski definition) is 0. The molecule has 1 heterocycles. The van der Waals surface area contributed by atoms with Crippen LogP contribution < -0.4 is 0 Å². The molecular weight excluding hydrogens is 559 g/mol. The molecule has 2 aromatic carbocycles. The number of nitrogens with zero attached hydrogens (tertiary/aromatic N) is 2. The summed E-state index contributed by atoms with van der Waals surface area (Å²) in [5, 5.41) is 0. The summed E-state index contributed by atoms with van der Waals surface area (Å²) in [5.41, 5.74) is 4.13. The molecule has 1 aliphatic heterocycles. The van der Waals surface area contributed by atoms with E-state index in [4.69, 9.17) is 0 Å². The molecule has 2 nitrogen and oxygen atoms in total. The van der Waals surface area contributed by atoms with Gasteiger partial charge in [-0.15, -0.1) is 0 Å². The van der Waals surface area contributed by atoms with Gasteiger partial charge in [0.2, 0.25) is 6.34 Å². The minimum absolute atomic E-state index is 0.413. The third-order valence-corrected chi connectivity index (χ3v) is 13.0. The summed E-state index contributed by atoms with van der Waals surface area (Å²) in [6.07, 6.45) is 20.9. The van der Waals surface area contributed by atoms with Gasteiger partial charge >= 0.3 is 7.25 Å². The lowest BCUT2D eigenvalue weighted by Gasteiger charge is -2.56. The Bertz CT molecular complexity index is 1280. The fourth-order valence-electron chi connectivity index (χ4n) is 12.8. The van der Waals surface area contributed by atoms with E-state index in [-0.39, 0.29) is 0 Å². The zero-order valence-electron chi connectivity index (χ0n) is 25.9. The lowest BCUT2D eigenvalue weighted by Crippen LogP contribution is -2.51. The fraction of sp³-hybridized carbons (Fsp3) is 0.649. The van der Waals surface area contributed by atoms with Crippen molar-refractivity contribution in [2.24, 2.45) is 46.3 Å². The minimum Gasteiger partial charge on any atom is -0.418 e. The molecule has 9 aliphatic rings. The third-order valence-electron chi connectivity index (χ3n) is 13.0. The molecule has 2 atom stereocenters. The Morgan fingerprint density at radius 2 is 0.977 bits per heavy atom. The molecule has 44 heavy (non-hydrogen) atoms. The van der Waals surface area contributed by atoms with Crippen LogP contribution >= 0.6 is 0 Å². The summed E-state index contributed by atoms with van der Waals surface area (Å²) in [6.45, 7) is 2.55. The van der Waals surface area contributed by atoms with E-state index in [1.807, 2.05) is 0 Å². The topological polar surface area (TPSA) is 6.25 Å². The molecule has 0 amide bonds. The SMILES string of the molecule is C1=[N+](CC23CC4CC(CC(C4)C2)C3)[C@H](c2ccccc2)[C@@H](c2ccccc2)N1CC12CC3CC(CC(C3)C1)C2.F[B-](F)(F)F. The predicted octanol–water partition coefficient (Wildman–Crippen LogP) is 9.56. The molecule has 2 aromatic rings. The van der Waals surface area contributed by atoms with Crippen molar-refractivity contribution in [3.8, 4) is 0 Å². The van der Waals surface area contributed by atoms with Crippen LogP contribution in [0.1, 0.15) is 100 Å². The second-order valence-corrected chi connectivity index (χ2v) is 16.5. The highest BCUT2D eigenvalue weighted by molar-refractivity contribution is 6.50. The average Bonchev–Trinajstić information content (AvgIpc) is 3.27. The van der Waals surface area contributed by atoms with E-state index in [9.17, 15) is 17.3 Å². The summed E-state index contributed by atoms with van der Waals surface area (Å²) in [7, 11) is -6.00. The summed E-state index contributed by atoms with van der Waals surface area (Å²) in [4.78, 5) is 2.89. The molecule has 8 saturated carbocycles. The minimum atomic E-state index is -6.00. The van der Waals surface area contributed by atoms with Gasteiger partial charge in [0, 0.05) is 22.0 Å². The van der Waals surface area contributed by atoms with Gasteiger partial charge in [-0.1, -0.05) is 60.7 Å². The molecule has 7 heteroatoms. The first-order valence-electron chi connectivity index (χ1n) is 17.4. The molecule has 0 unspecified atom stereocenters. The molecule has 8 bridgehead atoms. The predicted molar refractivity (Wildman–Crippen MR) is 168 cm³/mol. The summed E-state index contributed by atoms with van der Waals surface area (Å²) < 4.78 is 41.9. The van der Waals surface area contributed by atoms with Crippen LogP contribution in [0.5, 0.6) is 0 Å². The number of rotatable bonds is 6. The van der Waals surface area contributed by atoms with Crippen molar-refractivity contribution >= 4 is 13.6 Å².